The molecule has 1 aliphatic rings. The monoisotopic (exact) mass is 239 g/mol. The lowest BCUT2D eigenvalue weighted by atomic mass is 10.1. The zero-order valence-electron chi connectivity index (χ0n) is 9.52. The quantitative estimate of drug-likeness (QED) is 0.861. The van der Waals surface area contributed by atoms with Crippen molar-refractivity contribution in [2.24, 2.45) is 5.92 Å². The Morgan fingerprint density at radius 1 is 1.59 bits per heavy atom. The number of ether oxygens (including phenoxy) is 1. The molecular weight excluding hydrogens is 225 g/mol. The van der Waals surface area contributed by atoms with E-state index in [1.54, 1.807) is 0 Å². The summed E-state index contributed by atoms with van der Waals surface area (Å²) in [4.78, 5) is 13.2. The molecule has 1 aromatic rings. The highest BCUT2D eigenvalue weighted by molar-refractivity contribution is 5.97. The number of amides is 1. The van der Waals surface area contributed by atoms with Gasteiger partial charge in [-0.05, 0) is 12.1 Å². The maximum atomic E-state index is 13.2. The van der Waals surface area contributed by atoms with E-state index < -0.39 is 5.82 Å². The summed E-state index contributed by atoms with van der Waals surface area (Å²) in [6.45, 7) is 0.356. The summed E-state index contributed by atoms with van der Waals surface area (Å²) in [7, 11) is 1.47. The second-order valence-corrected chi connectivity index (χ2v) is 4.07. The third kappa shape index (κ3) is 2.24. The lowest BCUT2D eigenvalue weighted by Crippen LogP contribution is -2.25. The molecule has 1 fully saturated rings. The predicted molar refractivity (Wildman–Crippen MR) is 60.5 cm³/mol. The molecule has 1 aromatic carbocycles. The highest BCUT2D eigenvalue weighted by atomic mass is 19.1. The number of benzene rings is 1. The van der Waals surface area contributed by atoms with Crippen molar-refractivity contribution in [2.75, 3.05) is 25.2 Å². The second-order valence-electron chi connectivity index (χ2n) is 4.07. The molecule has 1 unspecified atom stereocenters. The van der Waals surface area contributed by atoms with Crippen LogP contribution in [0.15, 0.2) is 18.2 Å². The summed E-state index contributed by atoms with van der Waals surface area (Å²) in [5, 5.41) is 9.05. The summed E-state index contributed by atoms with van der Waals surface area (Å²) in [6.07, 6.45) is 0.288. The van der Waals surface area contributed by atoms with Gasteiger partial charge in [0.1, 0.15) is 11.6 Å². The van der Waals surface area contributed by atoms with Crippen LogP contribution in [0.1, 0.15) is 6.42 Å². The Kier molecular flexibility index (Phi) is 3.28. The van der Waals surface area contributed by atoms with E-state index in [-0.39, 0.29) is 24.9 Å². The average Bonchev–Trinajstić information content (AvgIpc) is 2.70. The summed E-state index contributed by atoms with van der Waals surface area (Å²) in [6, 6.07) is 4.05. The Morgan fingerprint density at radius 3 is 2.94 bits per heavy atom. The first-order valence-corrected chi connectivity index (χ1v) is 5.40. The molecule has 1 amide bonds. The Bertz CT molecular complexity index is 436. The summed E-state index contributed by atoms with van der Waals surface area (Å²) in [5.74, 6) is -0.164. The topological polar surface area (TPSA) is 49.8 Å². The second kappa shape index (κ2) is 4.71. The van der Waals surface area contributed by atoms with Gasteiger partial charge in [0, 0.05) is 31.6 Å². The van der Waals surface area contributed by atoms with Gasteiger partial charge in [0.2, 0.25) is 5.91 Å². The molecule has 1 atom stereocenters. The number of hydrogen-bond acceptors (Lipinski definition) is 3. The standard InChI is InChI=1S/C12H14FNO3/c1-17-11-3-2-9(13)5-10(11)14-6-8(7-15)4-12(14)16/h2-3,5,8,15H,4,6-7H2,1H3. The Labute approximate surface area is 98.6 Å². The number of aliphatic hydroxyl groups excluding tert-OH is 1. The van der Waals surface area contributed by atoms with Gasteiger partial charge in [-0.2, -0.15) is 0 Å². The molecule has 2 rings (SSSR count). The van der Waals surface area contributed by atoms with Crippen LogP contribution in [0.5, 0.6) is 5.75 Å². The molecule has 92 valence electrons. The first kappa shape index (κ1) is 11.9. The van der Waals surface area contributed by atoms with Gasteiger partial charge in [-0.1, -0.05) is 0 Å². The van der Waals surface area contributed by atoms with E-state index in [1.807, 2.05) is 0 Å². The van der Waals surface area contributed by atoms with Gasteiger partial charge in [0.25, 0.3) is 0 Å². The minimum atomic E-state index is -0.416. The third-order valence-corrected chi connectivity index (χ3v) is 2.90. The van der Waals surface area contributed by atoms with Crippen LogP contribution in [0.2, 0.25) is 0 Å². The van der Waals surface area contributed by atoms with E-state index in [0.29, 0.717) is 18.0 Å². The minimum Gasteiger partial charge on any atom is -0.495 e. The lowest BCUT2D eigenvalue weighted by Gasteiger charge is -2.19. The molecule has 1 saturated heterocycles. The van der Waals surface area contributed by atoms with Crippen molar-refractivity contribution in [1.29, 1.82) is 0 Å². The van der Waals surface area contributed by atoms with Crippen LogP contribution in [0.4, 0.5) is 10.1 Å². The molecule has 1 aliphatic heterocycles. The highest BCUT2D eigenvalue weighted by Crippen LogP contribution is 2.33. The Hall–Kier alpha value is -1.62. The number of rotatable bonds is 3. The molecule has 0 spiro atoms. The van der Waals surface area contributed by atoms with Crippen LogP contribution in [-0.2, 0) is 4.79 Å². The number of carbonyl (C=O) groups is 1. The van der Waals surface area contributed by atoms with Gasteiger partial charge >= 0.3 is 0 Å². The first-order valence-electron chi connectivity index (χ1n) is 5.40. The van der Waals surface area contributed by atoms with Crippen molar-refractivity contribution in [3.63, 3.8) is 0 Å². The number of nitrogens with zero attached hydrogens (tertiary/aromatic N) is 1. The number of aliphatic hydroxyl groups is 1. The van der Waals surface area contributed by atoms with Crippen molar-refractivity contribution < 1.29 is 19.0 Å². The van der Waals surface area contributed by atoms with Gasteiger partial charge in [0.15, 0.2) is 0 Å². The number of anilines is 1. The molecule has 0 aliphatic carbocycles. The smallest absolute Gasteiger partial charge is 0.227 e. The first-order chi connectivity index (χ1) is 8.15. The number of halogens is 1. The zero-order chi connectivity index (χ0) is 12.4. The van der Waals surface area contributed by atoms with Crippen LogP contribution in [0, 0.1) is 11.7 Å². The average molecular weight is 239 g/mol. The van der Waals surface area contributed by atoms with Gasteiger partial charge in [-0.3, -0.25) is 4.79 Å². The molecule has 0 aromatic heterocycles. The molecule has 5 heteroatoms. The number of methoxy groups -OCH3 is 1. The number of hydrogen-bond donors (Lipinski definition) is 1. The van der Waals surface area contributed by atoms with Gasteiger partial charge in [-0.15, -0.1) is 0 Å². The lowest BCUT2D eigenvalue weighted by molar-refractivity contribution is -0.117. The van der Waals surface area contributed by atoms with Crippen LogP contribution < -0.4 is 9.64 Å². The van der Waals surface area contributed by atoms with Crippen LogP contribution >= 0.6 is 0 Å². The maximum Gasteiger partial charge on any atom is 0.227 e. The van der Waals surface area contributed by atoms with Crippen LogP contribution in [0.3, 0.4) is 0 Å². The van der Waals surface area contributed by atoms with Crippen molar-refractivity contribution >= 4 is 11.6 Å². The fraction of sp³-hybridized carbons (Fsp3) is 0.417. The Balaban J connectivity index is 2.33. The van der Waals surface area contributed by atoms with Crippen molar-refractivity contribution in [3.05, 3.63) is 24.0 Å². The molecule has 17 heavy (non-hydrogen) atoms. The fourth-order valence-corrected chi connectivity index (χ4v) is 2.01. The van der Waals surface area contributed by atoms with E-state index >= 15 is 0 Å². The molecule has 1 N–H and O–H groups in total. The zero-order valence-corrected chi connectivity index (χ0v) is 9.52. The van der Waals surface area contributed by atoms with Crippen LogP contribution in [-0.4, -0.2) is 31.3 Å². The maximum absolute atomic E-state index is 13.2. The molecule has 0 saturated carbocycles. The summed E-state index contributed by atoms with van der Waals surface area (Å²) < 4.78 is 18.3. The van der Waals surface area contributed by atoms with Crippen molar-refractivity contribution in [1.82, 2.24) is 0 Å². The molecule has 0 bridgehead atoms. The van der Waals surface area contributed by atoms with Crippen molar-refractivity contribution in [3.8, 4) is 5.75 Å². The van der Waals surface area contributed by atoms with E-state index in [9.17, 15) is 9.18 Å². The third-order valence-electron chi connectivity index (χ3n) is 2.90. The van der Waals surface area contributed by atoms with Gasteiger partial charge < -0.3 is 14.7 Å². The SMILES string of the molecule is COc1ccc(F)cc1N1CC(CO)CC1=O. The molecule has 0 radical (unpaired) electrons. The van der Waals surface area contributed by atoms with Crippen LogP contribution in [0.25, 0.3) is 0 Å². The normalized spacial score (nSPS) is 19.8. The molecular formula is C12H14FNO3. The van der Waals surface area contributed by atoms with Gasteiger partial charge in [0.05, 0.1) is 12.8 Å². The minimum absolute atomic E-state index is 0.0418. The summed E-state index contributed by atoms with van der Waals surface area (Å²) in [5.41, 5.74) is 0.424. The van der Waals surface area contributed by atoms with Gasteiger partial charge in [-0.25, -0.2) is 4.39 Å². The predicted octanol–water partition coefficient (Wildman–Crippen LogP) is 1.18. The van der Waals surface area contributed by atoms with E-state index in [4.69, 9.17) is 9.84 Å². The van der Waals surface area contributed by atoms with E-state index in [1.165, 1.54) is 30.2 Å². The fourth-order valence-electron chi connectivity index (χ4n) is 2.01. The van der Waals surface area contributed by atoms with E-state index in [2.05, 4.69) is 0 Å². The van der Waals surface area contributed by atoms with Crippen molar-refractivity contribution in [2.45, 2.75) is 6.42 Å². The van der Waals surface area contributed by atoms with E-state index in [0.717, 1.165) is 0 Å². The molecule has 1 heterocycles. The largest absolute Gasteiger partial charge is 0.495 e. The number of carbonyl (C=O) groups excluding carboxylic acids is 1. The Morgan fingerprint density at radius 2 is 2.35 bits per heavy atom. The summed E-state index contributed by atoms with van der Waals surface area (Å²) >= 11 is 0. The molecule has 4 nitrogen and oxygen atoms in total. The highest BCUT2D eigenvalue weighted by Gasteiger charge is 2.31.